The summed E-state index contributed by atoms with van der Waals surface area (Å²) < 4.78 is 18.6. The van der Waals surface area contributed by atoms with Crippen LogP contribution < -0.4 is 10.5 Å². The van der Waals surface area contributed by atoms with Gasteiger partial charge in [0, 0.05) is 25.2 Å². The molecule has 1 aromatic rings. The fraction of sp³-hybridized carbons (Fsp3) is 0.417. The van der Waals surface area contributed by atoms with Crippen LogP contribution in [0.4, 0.5) is 4.39 Å². The van der Waals surface area contributed by atoms with Gasteiger partial charge in [0.1, 0.15) is 11.6 Å². The van der Waals surface area contributed by atoms with Crippen molar-refractivity contribution in [3.8, 4) is 5.75 Å². The van der Waals surface area contributed by atoms with E-state index in [0.717, 1.165) is 6.42 Å². The first-order valence-corrected chi connectivity index (χ1v) is 5.50. The summed E-state index contributed by atoms with van der Waals surface area (Å²) >= 11 is 0. The van der Waals surface area contributed by atoms with Gasteiger partial charge in [-0.1, -0.05) is 0 Å². The van der Waals surface area contributed by atoms with Crippen LogP contribution in [0, 0.1) is 5.82 Å². The minimum Gasteiger partial charge on any atom is -0.497 e. The normalized spacial score (nSPS) is 19.5. The van der Waals surface area contributed by atoms with Gasteiger partial charge in [-0.05, 0) is 18.6 Å². The highest BCUT2D eigenvalue weighted by molar-refractivity contribution is 5.94. The third-order valence-electron chi connectivity index (χ3n) is 2.92. The third-order valence-corrected chi connectivity index (χ3v) is 2.92. The largest absolute Gasteiger partial charge is 0.497 e. The molecule has 4 nitrogen and oxygen atoms in total. The van der Waals surface area contributed by atoms with E-state index in [-0.39, 0.29) is 17.5 Å². The van der Waals surface area contributed by atoms with Crippen LogP contribution in [0.25, 0.3) is 0 Å². The number of nitrogens with two attached hydrogens (primary N) is 1. The van der Waals surface area contributed by atoms with E-state index in [1.165, 1.54) is 19.2 Å². The molecule has 2 N–H and O–H groups in total. The van der Waals surface area contributed by atoms with Crippen molar-refractivity contribution < 1.29 is 13.9 Å². The highest BCUT2D eigenvalue weighted by atomic mass is 19.1. The van der Waals surface area contributed by atoms with Crippen LogP contribution in [-0.4, -0.2) is 37.0 Å². The molecular formula is C12H15FN2O2. The van der Waals surface area contributed by atoms with Crippen LogP contribution in [0.1, 0.15) is 16.8 Å². The minimum absolute atomic E-state index is 0.000240. The van der Waals surface area contributed by atoms with Gasteiger partial charge in [0.05, 0.1) is 12.7 Å². The SMILES string of the molecule is COc1ccc(C(=O)N2CC[C@@H](N)C2)c(F)c1. The molecule has 0 radical (unpaired) electrons. The van der Waals surface area contributed by atoms with Gasteiger partial charge >= 0.3 is 0 Å². The number of ether oxygens (including phenoxy) is 1. The fourth-order valence-electron chi connectivity index (χ4n) is 1.94. The second-order valence-electron chi connectivity index (χ2n) is 4.15. The fourth-order valence-corrected chi connectivity index (χ4v) is 1.94. The van der Waals surface area contributed by atoms with Crippen molar-refractivity contribution in [3.05, 3.63) is 29.6 Å². The zero-order valence-electron chi connectivity index (χ0n) is 9.65. The number of halogens is 1. The molecule has 1 aliphatic heterocycles. The van der Waals surface area contributed by atoms with Gasteiger partial charge in [0.2, 0.25) is 0 Å². The van der Waals surface area contributed by atoms with Gasteiger partial charge in [-0.15, -0.1) is 0 Å². The molecule has 0 unspecified atom stereocenters. The number of methoxy groups -OCH3 is 1. The van der Waals surface area contributed by atoms with E-state index in [1.54, 1.807) is 11.0 Å². The number of likely N-dealkylation sites (tertiary alicyclic amines) is 1. The van der Waals surface area contributed by atoms with Gasteiger partial charge in [0.15, 0.2) is 0 Å². The summed E-state index contributed by atoms with van der Waals surface area (Å²) in [4.78, 5) is 13.6. The third kappa shape index (κ3) is 2.39. The number of rotatable bonds is 2. The van der Waals surface area contributed by atoms with Crippen LogP contribution in [0.3, 0.4) is 0 Å². The Labute approximate surface area is 99.2 Å². The summed E-state index contributed by atoms with van der Waals surface area (Å²) in [6, 6.07) is 4.23. The minimum atomic E-state index is -0.560. The Kier molecular flexibility index (Phi) is 3.28. The maximum absolute atomic E-state index is 13.7. The molecule has 0 saturated carbocycles. The maximum atomic E-state index is 13.7. The molecule has 0 bridgehead atoms. The zero-order chi connectivity index (χ0) is 12.4. The molecular weight excluding hydrogens is 223 g/mol. The van der Waals surface area contributed by atoms with Crippen LogP contribution in [-0.2, 0) is 0 Å². The van der Waals surface area contributed by atoms with E-state index in [0.29, 0.717) is 18.8 Å². The lowest BCUT2D eigenvalue weighted by molar-refractivity contribution is 0.0786. The lowest BCUT2D eigenvalue weighted by atomic mass is 10.2. The smallest absolute Gasteiger partial charge is 0.256 e. The number of carbonyl (C=O) groups excluding carboxylic acids is 1. The van der Waals surface area contributed by atoms with E-state index < -0.39 is 5.82 Å². The topological polar surface area (TPSA) is 55.6 Å². The Bertz CT molecular complexity index is 437. The van der Waals surface area contributed by atoms with Crippen molar-refractivity contribution in [2.24, 2.45) is 5.73 Å². The molecule has 1 heterocycles. The second-order valence-corrected chi connectivity index (χ2v) is 4.15. The van der Waals surface area contributed by atoms with Crippen molar-refractivity contribution in [3.63, 3.8) is 0 Å². The predicted octanol–water partition coefficient (Wildman–Crippen LogP) is 1.01. The number of benzene rings is 1. The first-order chi connectivity index (χ1) is 8.11. The van der Waals surface area contributed by atoms with Crippen molar-refractivity contribution in [1.29, 1.82) is 0 Å². The summed E-state index contributed by atoms with van der Waals surface area (Å²) in [5.41, 5.74) is 5.79. The second kappa shape index (κ2) is 4.71. The van der Waals surface area contributed by atoms with Crippen molar-refractivity contribution >= 4 is 5.91 Å². The van der Waals surface area contributed by atoms with E-state index in [2.05, 4.69) is 0 Å². The molecule has 0 spiro atoms. The average Bonchev–Trinajstić information content (AvgIpc) is 2.75. The van der Waals surface area contributed by atoms with E-state index in [1.807, 2.05) is 0 Å². The van der Waals surface area contributed by atoms with Gasteiger partial charge in [-0.2, -0.15) is 0 Å². The summed E-state index contributed by atoms with van der Waals surface area (Å²) in [5.74, 6) is -0.468. The quantitative estimate of drug-likeness (QED) is 0.836. The van der Waals surface area contributed by atoms with Gasteiger partial charge in [-0.25, -0.2) is 4.39 Å². The van der Waals surface area contributed by atoms with Crippen LogP contribution in [0.15, 0.2) is 18.2 Å². The summed E-state index contributed by atoms with van der Waals surface area (Å²) in [6.07, 6.45) is 0.767. The van der Waals surface area contributed by atoms with E-state index >= 15 is 0 Å². The molecule has 17 heavy (non-hydrogen) atoms. The zero-order valence-corrected chi connectivity index (χ0v) is 9.65. The van der Waals surface area contributed by atoms with E-state index in [4.69, 9.17) is 10.5 Å². The van der Waals surface area contributed by atoms with Crippen LogP contribution in [0.2, 0.25) is 0 Å². The van der Waals surface area contributed by atoms with Crippen molar-refractivity contribution in [1.82, 2.24) is 4.90 Å². The Morgan fingerprint density at radius 3 is 2.88 bits per heavy atom. The molecule has 92 valence electrons. The molecule has 1 amide bonds. The Morgan fingerprint density at radius 1 is 1.59 bits per heavy atom. The number of nitrogens with zero attached hydrogens (tertiary/aromatic N) is 1. The van der Waals surface area contributed by atoms with Crippen molar-refractivity contribution in [2.45, 2.75) is 12.5 Å². The summed E-state index contributed by atoms with van der Waals surface area (Å²) in [7, 11) is 1.45. The number of hydrogen-bond donors (Lipinski definition) is 1. The first kappa shape index (κ1) is 11.9. The lowest BCUT2D eigenvalue weighted by Gasteiger charge is -2.16. The number of hydrogen-bond acceptors (Lipinski definition) is 3. The highest BCUT2D eigenvalue weighted by Gasteiger charge is 2.26. The molecule has 2 rings (SSSR count). The molecule has 1 aromatic carbocycles. The van der Waals surface area contributed by atoms with Gasteiger partial charge < -0.3 is 15.4 Å². The standard InChI is InChI=1S/C12H15FN2O2/c1-17-9-2-3-10(11(13)6-9)12(16)15-5-4-8(14)7-15/h2-3,6,8H,4-5,7,14H2,1H3/t8-/m1/s1. The highest BCUT2D eigenvalue weighted by Crippen LogP contribution is 2.19. The summed E-state index contributed by atoms with van der Waals surface area (Å²) in [6.45, 7) is 1.08. The van der Waals surface area contributed by atoms with E-state index in [9.17, 15) is 9.18 Å². The predicted molar refractivity (Wildman–Crippen MR) is 61.4 cm³/mol. The molecule has 1 atom stereocenters. The molecule has 1 fully saturated rings. The van der Waals surface area contributed by atoms with Crippen LogP contribution >= 0.6 is 0 Å². The maximum Gasteiger partial charge on any atom is 0.256 e. The first-order valence-electron chi connectivity index (χ1n) is 5.50. The average molecular weight is 238 g/mol. The van der Waals surface area contributed by atoms with Crippen LogP contribution in [0.5, 0.6) is 5.75 Å². The lowest BCUT2D eigenvalue weighted by Crippen LogP contribution is -2.32. The Balaban J connectivity index is 2.19. The van der Waals surface area contributed by atoms with Crippen molar-refractivity contribution in [2.75, 3.05) is 20.2 Å². The number of carbonyl (C=O) groups is 1. The number of amides is 1. The molecule has 1 saturated heterocycles. The Hall–Kier alpha value is -1.62. The summed E-state index contributed by atoms with van der Waals surface area (Å²) in [5, 5.41) is 0. The molecule has 0 aliphatic carbocycles. The van der Waals surface area contributed by atoms with Gasteiger partial charge in [0.25, 0.3) is 5.91 Å². The monoisotopic (exact) mass is 238 g/mol. The Morgan fingerprint density at radius 2 is 2.35 bits per heavy atom. The van der Waals surface area contributed by atoms with Gasteiger partial charge in [-0.3, -0.25) is 4.79 Å². The molecule has 5 heteroatoms. The molecule has 1 aliphatic rings. The molecule has 0 aromatic heterocycles.